The first kappa shape index (κ1) is 16.0. The normalized spacial score (nSPS) is 12.5. The van der Waals surface area contributed by atoms with Crippen molar-refractivity contribution in [2.45, 2.75) is 32.9 Å². The second kappa shape index (κ2) is 6.60. The number of nitrogens with zero attached hydrogens (tertiary/aromatic N) is 1. The average molecular weight is 306 g/mol. The third-order valence-corrected chi connectivity index (χ3v) is 3.56. The standard InChI is InChI=1S/C16H19FN2O3/c1-10(2)15(16(21)22)18-14(20)6-8-19-7-5-11-3-4-12(17)9-13(11)19/h3-5,7,9-10,15H,6,8H2,1-2H3,(H,18,20)(H,21,22). The van der Waals surface area contributed by atoms with Gasteiger partial charge >= 0.3 is 5.97 Å². The fraction of sp³-hybridized carbons (Fsp3) is 0.375. The lowest BCUT2D eigenvalue weighted by atomic mass is 10.0. The Morgan fingerprint density at radius 1 is 1.32 bits per heavy atom. The van der Waals surface area contributed by atoms with Gasteiger partial charge in [0.05, 0.1) is 5.52 Å². The van der Waals surface area contributed by atoms with Gasteiger partial charge < -0.3 is 15.0 Å². The maximum Gasteiger partial charge on any atom is 0.326 e. The topological polar surface area (TPSA) is 71.3 Å². The number of fused-ring (bicyclic) bond motifs is 1. The summed E-state index contributed by atoms with van der Waals surface area (Å²) in [4.78, 5) is 23.0. The number of benzene rings is 1. The highest BCUT2D eigenvalue weighted by Gasteiger charge is 2.23. The molecule has 1 heterocycles. The molecule has 0 spiro atoms. The molecule has 22 heavy (non-hydrogen) atoms. The molecule has 2 rings (SSSR count). The van der Waals surface area contributed by atoms with Crippen LogP contribution in [0.5, 0.6) is 0 Å². The summed E-state index contributed by atoms with van der Waals surface area (Å²) in [6.07, 6.45) is 1.92. The van der Waals surface area contributed by atoms with E-state index in [9.17, 15) is 14.0 Å². The molecule has 2 aromatic rings. The maximum atomic E-state index is 13.3. The summed E-state index contributed by atoms with van der Waals surface area (Å²) in [6, 6.07) is 5.44. The monoisotopic (exact) mass is 306 g/mol. The molecule has 0 aliphatic heterocycles. The van der Waals surface area contributed by atoms with Gasteiger partial charge in [0, 0.05) is 19.2 Å². The second-order valence-corrected chi connectivity index (χ2v) is 5.59. The Morgan fingerprint density at radius 3 is 2.68 bits per heavy atom. The number of aliphatic carboxylic acids is 1. The first-order valence-electron chi connectivity index (χ1n) is 7.15. The van der Waals surface area contributed by atoms with Crippen LogP contribution in [0.1, 0.15) is 20.3 Å². The predicted molar refractivity (Wildman–Crippen MR) is 80.9 cm³/mol. The minimum absolute atomic E-state index is 0.136. The van der Waals surface area contributed by atoms with E-state index in [0.717, 1.165) is 5.39 Å². The highest BCUT2D eigenvalue weighted by molar-refractivity contribution is 5.84. The lowest BCUT2D eigenvalue weighted by molar-refractivity contribution is -0.143. The lowest BCUT2D eigenvalue weighted by Crippen LogP contribution is -2.44. The van der Waals surface area contributed by atoms with E-state index >= 15 is 0 Å². The number of hydrogen-bond donors (Lipinski definition) is 2. The fourth-order valence-corrected chi connectivity index (χ4v) is 2.33. The summed E-state index contributed by atoms with van der Waals surface area (Å²) in [5, 5.41) is 12.5. The molecule has 0 bridgehead atoms. The Bertz CT molecular complexity index is 694. The number of amides is 1. The summed E-state index contributed by atoms with van der Waals surface area (Å²) in [5.41, 5.74) is 0.714. The van der Waals surface area contributed by atoms with Crippen LogP contribution in [0.3, 0.4) is 0 Å². The zero-order chi connectivity index (χ0) is 16.3. The number of nitrogens with one attached hydrogen (secondary N) is 1. The van der Waals surface area contributed by atoms with Gasteiger partial charge in [-0.25, -0.2) is 9.18 Å². The number of carboxylic acids is 1. The van der Waals surface area contributed by atoms with Gasteiger partial charge in [0.1, 0.15) is 11.9 Å². The molecule has 0 radical (unpaired) electrons. The van der Waals surface area contributed by atoms with Crippen molar-refractivity contribution in [3.63, 3.8) is 0 Å². The fourth-order valence-electron chi connectivity index (χ4n) is 2.33. The van der Waals surface area contributed by atoms with Gasteiger partial charge in [0.2, 0.25) is 5.91 Å². The van der Waals surface area contributed by atoms with Crippen molar-refractivity contribution in [2.24, 2.45) is 5.92 Å². The van der Waals surface area contributed by atoms with Crippen molar-refractivity contribution >= 4 is 22.8 Å². The van der Waals surface area contributed by atoms with E-state index in [1.165, 1.54) is 12.1 Å². The van der Waals surface area contributed by atoms with Crippen molar-refractivity contribution in [3.8, 4) is 0 Å². The smallest absolute Gasteiger partial charge is 0.326 e. The molecule has 6 heteroatoms. The second-order valence-electron chi connectivity index (χ2n) is 5.59. The van der Waals surface area contributed by atoms with E-state index in [4.69, 9.17) is 5.11 Å². The first-order valence-corrected chi connectivity index (χ1v) is 7.15. The van der Waals surface area contributed by atoms with Crippen molar-refractivity contribution in [1.82, 2.24) is 9.88 Å². The van der Waals surface area contributed by atoms with Crippen LogP contribution in [0.2, 0.25) is 0 Å². The average Bonchev–Trinajstić information content (AvgIpc) is 2.84. The van der Waals surface area contributed by atoms with Crippen molar-refractivity contribution in [3.05, 3.63) is 36.3 Å². The number of hydrogen-bond acceptors (Lipinski definition) is 2. The molecule has 0 saturated carbocycles. The van der Waals surface area contributed by atoms with Crippen LogP contribution in [-0.4, -0.2) is 27.6 Å². The van der Waals surface area contributed by atoms with Crippen molar-refractivity contribution < 1.29 is 19.1 Å². The highest BCUT2D eigenvalue weighted by atomic mass is 19.1. The lowest BCUT2D eigenvalue weighted by Gasteiger charge is -2.18. The van der Waals surface area contributed by atoms with Gasteiger partial charge in [-0.1, -0.05) is 13.8 Å². The van der Waals surface area contributed by atoms with Gasteiger partial charge in [0.25, 0.3) is 0 Å². The first-order chi connectivity index (χ1) is 10.4. The molecule has 1 unspecified atom stereocenters. The summed E-state index contributed by atoms with van der Waals surface area (Å²) >= 11 is 0. The van der Waals surface area contributed by atoms with Crippen LogP contribution in [-0.2, 0) is 16.1 Å². The number of halogens is 1. The minimum Gasteiger partial charge on any atom is -0.480 e. The van der Waals surface area contributed by atoms with Gasteiger partial charge in [-0.05, 0) is 35.6 Å². The molecule has 1 amide bonds. The Balaban J connectivity index is 2.01. The van der Waals surface area contributed by atoms with E-state index in [2.05, 4.69) is 5.32 Å². The Morgan fingerprint density at radius 2 is 2.05 bits per heavy atom. The maximum absolute atomic E-state index is 13.3. The number of carbonyl (C=O) groups excluding carboxylic acids is 1. The number of aryl methyl sites for hydroxylation is 1. The minimum atomic E-state index is -1.04. The Labute approximate surface area is 127 Å². The molecule has 118 valence electrons. The largest absolute Gasteiger partial charge is 0.480 e. The zero-order valence-corrected chi connectivity index (χ0v) is 12.5. The van der Waals surface area contributed by atoms with Crippen LogP contribution in [0.4, 0.5) is 4.39 Å². The van der Waals surface area contributed by atoms with Crippen LogP contribution >= 0.6 is 0 Å². The molecule has 0 aliphatic rings. The number of aromatic nitrogens is 1. The van der Waals surface area contributed by atoms with Crippen molar-refractivity contribution in [2.75, 3.05) is 0 Å². The highest BCUT2D eigenvalue weighted by Crippen LogP contribution is 2.17. The van der Waals surface area contributed by atoms with E-state index in [1.807, 2.05) is 6.07 Å². The molecule has 0 saturated heterocycles. The van der Waals surface area contributed by atoms with Crippen LogP contribution < -0.4 is 5.32 Å². The Hall–Kier alpha value is -2.37. The Kier molecular flexibility index (Phi) is 4.80. The number of carboxylic acid groups (broad SMARTS) is 1. The quantitative estimate of drug-likeness (QED) is 0.861. The molecule has 1 aromatic carbocycles. The summed E-state index contributed by atoms with van der Waals surface area (Å²) < 4.78 is 15.1. The van der Waals surface area contributed by atoms with Gasteiger partial charge in [-0.2, -0.15) is 0 Å². The summed E-state index contributed by atoms with van der Waals surface area (Å²) in [7, 11) is 0. The van der Waals surface area contributed by atoms with E-state index in [1.54, 1.807) is 30.7 Å². The molecule has 0 fully saturated rings. The zero-order valence-electron chi connectivity index (χ0n) is 12.5. The van der Waals surface area contributed by atoms with E-state index < -0.39 is 12.0 Å². The predicted octanol–water partition coefficient (Wildman–Crippen LogP) is 2.40. The molecule has 1 aromatic heterocycles. The van der Waals surface area contributed by atoms with Crippen molar-refractivity contribution in [1.29, 1.82) is 0 Å². The van der Waals surface area contributed by atoms with Crippen LogP contribution in [0, 0.1) is 11.7 Å². The van der Waals surface area contributed by atoms with Gasteiger partial charge in [-0.3, -0.25) is 4.79 Å². The van der Waals surface area contributed by atoms with Crippen LogP contribution in [0.25, 0.3) is 10.9 Å². The summed E-state index contributed by atoms with van der Waals surface area (Å²) in [5.74, 6) is -1.90. The molecule has 0 aliphatic carbocycles. The van der Waals surface area contributed by atoms with Gasteiger partial charge in [-0.15, -0.1) is 0 Å². The third-order valence-electron chi connectivity index (χ3n) is 3.56. The summed E-state index contributed by atoms with van der Waals surface area (Å²) in [6.45, 7) is 3.84. The molecule has 1 atom stereocenters. The molecule has 2 N–H and O–H groups in total. The van der Waals surface area contributed by atoms with Gasteiger partial charge in [0.15, 0.2) is 0 Å². The van der Waals surface area contributed by atoms with Crippen LogP contribution in [0.15, 0.2) is 30.5 Å². The number of carbonyl (C=O) groups is 2. The molecular weight excluding hydrogens is 287 g/mol. The van der Waals surface area contributed by atoms with E-state index in [0.29, 0.717) is 12.1 Å². The molecule has 5 nitrogen and oxygen atoms in total. The number of rotatable bonds is 6. The molecular formula is C16H19FN2O3. The third kappa shape index (κ3) is 3.63. The SMILES string of the molecule is CC(C)C(NC(=O)CCn1ccc2ccc(F)cc21)C(=O)O. The van der Waals surface area contributed by atoms with E-state index in [-0.39, 0.29) is 24.1 Å².